The number of nitrogens with one attached hydrogen (secondary N) is 2. The number of hydrazine groups is 1. The number of nitriles is 1. The predicted molar refractivity (Wildman–Crippen MR) is 73.0 cm³/mol. The van der Waals surface area contributed by atoms with Gasteiger partial charge in [-0.15, -0.1) is 0 Å². The Morgan fingerprint density at radius 3 is 2.63 bits per heavy atom. The first-order chi connectivity index (χ1) is 9.28. The molecule has 6 heteroatoms. The van der Waals surface area contributed by atoms with E-state index in [-0.39, 0.29) is 0 Å². The molecule has 0 aliphatic heterocycles. The molecule has 19 heavy (non-hydrogen) atoms. The summed E-state index contributed by atoms with van der Waals surface area (Å²) in [5, 5.41) is 12.2. The normalized spacial score (nSPS) is 9.53. The first kappa shape index (κ1) is 12.7. The quantitative estimate of drug-likeness (QED) is 0.571. The van der Waals surface area contributed by atoms with Crippen molar-refractivity contribution < 1.29 is 4.74 Å². The van der Waals surface area contributed by atoms with Crippen LogP contribution in [0.2, 0.25) is 0 Å². The van der Waals surface area contributed by atoms with Crippen LogP contribution in [0, 0.1) is 11.3 Å². The van der Waals surface area contributed by atoms with E-state index >= 15 is 0 Å². The van der Waals surface area contributed by atoms with Crippen LogP contribution in [0.15, 0.2) is 36.4 Å². The van der Waals surface area contributed by atoms with Crippen LogP contribution in [0.1, 0.15) is 5.56 Å². The molecule has 0 saturated heterocycles. The van der Waals surface area contributed by atoms with Crippen LogP contribution < -0.4 is 21.3 Å². The van der Waals surface area contributed by atoms with Gasteiger partial charge in [-0.2, -0.15) is 5.26 Å². The van der Waals surface area contributed by atoms with E-state index < -0.39 is 0 Å². The second kappa shape index (κ2) is 5.71. The summed E-state index contributed by atoms with van der Waals surface area (Å²) in [5.74, 6) is 6.98. The summed E-state index contributed by atoms with van der Waals surface area (Å²) in [5.41, 5.74) is 3.52. The summed E-state index contributed by atoms with van der Waals surface area (Å²) in [7, 11) is 1.55. The number of anilines is 3. The minimum Gasteiger partial charge on any atom is -0.495 e. The minimum atomic E-state index is 0.479. The fraction of sp³-hybridized carbons (Fsp3) is 0.0769. The largest absolute Gasteiger partial charge is 0.495 e. The van der Waals surface area contributed by atoms with Crippen LogP contribution in [0.3, 0.4) is 0 Å². The number of aromatic nitrogens is 1. The molecule has 4 N–H and O–H groups in total. The Morgan fingerprint density at radius 2 is 1.95 bits per heavy atom. The van der Waals surface area contributed by atoms with Crippen molar-refractivity contribution in [2.75, 3.05) is 17.9 Å². The zero-order valence-electron chi connectivity index (χ0n) is 10.3. The van der Waals surface area contributed by atoms with Gasteiger partial charge < -0.3 is 15.5 Å². The van der Waals surface area contributed by atoms with E-state index in [1.807, 2.05) is 0 Å². The number of para-hydroxylation sites is 1. The van der Waals surface area contributed by atoms with Gasteiger partial charge in [-0.3, -0.25) is 0 Å². The Kier molecular flexibility index (Phi) is 3.81. The zero-order chi connectivity index (χ0) is 13.7. The Labute approximate surface area is 110 Å². The van der Waals surface area contributed by atoms with Crippen molar-refractivity contribution in [3.63, 3.8) is 0 Å². The van der Waals surface area contributed by atoms with Crippen molar-refractivity contribution in [2.24, 2.45) is 5.84 Å². The molecule has 1 aromatic heterocycles. The van der Waals surface area contributed by atoms with Gasteiger partial charge >= 0.3 is 0 Å². The van der Waals surface area contributed by atoms with E-state index in [9.17, 15) is 0 Å². The molecule has 0 spiro atoms. The third kappa shape index (κ3) is 2.73. The van der Waals surface area contributed by atoms with Crippen LogP contribution in [0.5, 0.6) is 5.75 Å². The van der Waals surface area contributed by atoms with Gasteiger partial charge in [-0.05, 0) is 24.3 Å². The SMILES string of the molecule is COc1cccc(C#N)c1Nc1cccc(NN)n1. The topological polar surface area (TPSA) is 96.0 Å². The fourth-order valence-corrected chi connectivity index (χ4v) is 1.64. The predicted octanol–water partition coefficient (Wildman–Crippen LogP) is 1.99. The summed E-state index contributed by atoms with van der Waals surface area (Å²) in [6.07, 6.45) is 0. The lowest BCUT2D eigenvalue weighted by Gasteiger charge is -2.12. The van der Waals surface area contributed by atoms with Crippen LogP contribution >= 0.6 is 0 Å². The number of hydrogen-bond donors (Lipinski definition) is 3. The van der Waals surface area contributed by atoms with Gasteiger partial charge in [-0.25, -0.2) is 10.8 Å². The van der Waals surface area contributed by atoms with Crippen molar-refractivity contribution in [3.8, 4) is 11.8 Å². The molecule has 0 bridgehead atoms. The smallest absolute Gasteiger partial charge is 0.143 e. The van der Waals surface area contributed by atoms with E-state index in [2.05, 4.69) is 21.8 Å². The van der Waals surface area contributed by atoms with Gasteiger partial charge in [0.1, 0.15) is 29.1 Å². The third-order valence-corrected chi connectivity index (χ3v) is 2.52. The summed E-state index contributed by atoms with van der Waals surface area (Å²) < 4.78 is 5.23. The number of nitrogens with two attached hydrogens (primary N) is 1. The highest BCUT2D eigenvalue weighted by Crippen LogP contribution is 2.30. The first-order valence-electron chi connectivity index (χ1n) is 5.56. The van der Waals surface area contributed by atoms with Crippen molar-refractivity contribution in [1.82, 2.24) is 4.98 Å². The van der Waals surface area contributed by atoms with Gasteiger partial charge in [-0.1, -0.05) is 12.1 Å². The molecule has 0 unspecified atom stereocenters. The molecular formula is C13H13N5O. The molecular weight excluding hydrogens is 242 g/mol. The molecule has 6 nitrogen and oxygen atoms in total. The fourth-order valence-electron chi connectivity index (χ4n) is 1.64. The third-order valence-electron chi connectivity index (χ3n) is 2.52. The molecule has 0 fully saturated rings. The Hall–Kier alpha value is -2.78. The maximum Gasteiger partial charge on any atom is 0.143 e. The van der Waals surface area contributed by atoms with E-state index in [0.717, 1.165) is 0 Å². The summed E-state index contributed by atoms with van der Waals surface area (Å²) in [6.45, 7) is 0. The molecule has 0 amide bonds. The van der Waals surface area contributed by atoms with Crippen molar-refractivity contribution >= 4 is 17.3 Å². The molecule has 0 radical (unpaired) electrons. The van der Waals surface area contributed by atoms with E-state index in [4.69, 9.17) is 15.8 Å². The molecule has 0 aliphatic rings. The van der Waals surface area contributed by atoms with Crippen LogP contribution in [-0.2, 0) is 0 Å². The molecule has 2 aromatic rings. The Bertz CT molecular complexity index is 621. The zero-order valence-corrected chi connectivity index (χ0v) is 10.3. The molecule has 2 rings (SSSR count). The molecule has 1 aromatic carbocycles. The van der Waals surface area contributed by atoms with Crippen LogP contribution in [0.4, 0.5) is 17.3 Å². The van der Waals surface area contributed by atoms with Crippen molar-refractivity contribution in [1.29, 1.82) is 5.26 Å². The number of nitrogens with zero attached hydrogens (tertiary/aromatic N) is 2. The van der Waals surface area contributed by atoms with Crippen LogP contribution in [-0.4, -0.2) is 12.1 Å². The maximum absolute atomic E-state index is 9.12. The Morgan fingerprint density at radius 1 is 1.21 bits per heavy atom. The van der Waals surface area contributed by atoms with Gasteiger partial charge in [0.05, 0.1) is 12.7 Å². The highest BCUT2D eigenvalue weighted by molar-refractivity contribution is 5.72. The average molecular weight is 255 g/mol. The monoisotopic (exact) mass is 255 g/mol. The average Bonchev–Trinajstić information content (AvgIpc) is 2.47. The van der Waals surface area contributed by atoms with E-state index in [1.54, 1.807) is 43.5 Å². The first-order valence-corrected chi connectivity index (χ1v) is 5.56. The highest BCUT2D eigenvalue weighted by Gasteiger charge is 2.09. The van der Waals surface area contributed by atoms with E-state index in [1.165, 1.54) is 0 Å². The van der Waals surface area contributed by atoms with Gasteiger partial charge in [0, 0.05) is 0 Å². The number of hydrogen-bond acceptors (Lipinski definition) is 6. The maximum atomic E-state index is 9.12. The van der Waals surface area contributed by atoms with Gasteiger partial charge in [0.15, 0.2) is 0 Å². The standard InChI is InChI=1S/C13H13N5O/c1-19-10-5-2-4-9(8-14)13(10)17-11-6-3-7-12(16-11)18-15/h2-7H,15H2,1H3,(H2,16,17,18). The van der Waals surface area contributed by atoms with Gasteiger partial charge in [0.2, 0.25) is 0 Å². The number of rotatable bonds is 4. The molecule has 0 saturated carbocycles. The van der Waals surface area contributed by atoms with E-state index in [0.29, 0.717) is 28.6 Å². The summed E-state index contributed by atoms with van der Waals surface area (Å²) in [4.78, 5) is 4.23. The number of pyridine rings is 1. The van der Waals surface area contributed by atoms with Gasteiger partial charge in [0.25, 0.3) is 0 Å². The van der Waals surface area contributed by atoms with Crippen LogP contribution in [0.25, 0.3) is 0 Å². The lowest BCUT2D eigenvalue weighted by atomic mass is 10.2. The number of methoxy groups -OCH3 is 1. The molecule has 0 aliphatic carbocycles. The number of ether oxygens (including phenoxy) is 1. The lowest BCUT2D eigenvalue weighted by Crippen LogP contribution is -2.09. The van der Waals surface area contributed by atoms with Crippen molar-refractivity contribution in [2.45, 2.75) is 0 Å². The molecule has 96 valence electrons. The number of benzene rings is 1. The Balaban J connectivity index is 2.39. The molecule has 1 heterocycles. The second-order valence-corrected chi connectivity index (χ2v) is 3.67. The lowest BCUT2D eigenvalue weighted by molar-refractivity contribution is 0.416. The summed E-state index contributed by atoms with van der Waals surface area (Å²) >= 11 is 0. The number of nitrogen functional groups attached to an aromatic ring is 1. The molecule has 0 atom stereocenters. The second-order valence-electron chi connectivity index (χ2n) is 3.67. The van der Waals surface area contributed by atoms with Crippen molar-refractivity contribution in [3.05, 3.63) is 42.0 Å². The highest BCUT2D eigenvalue weighted by atomic mass is 16.5. The summed E-state index contributed by atoms with van der Waals surface area (Å²) in [6, 6.07) is 12.6. The minimum absolute atomic E-state index is 0.479.